The Morgan fingerprint density at radius 3 is 2.92 bits per heavy atom. The maximum atomic E-state index is 12.8. The van der Waals surface area contributed by atoms with Crippen LogP contribution in [0.1, 0.15) is 11.1 Å². The van der Waals surface area contributed by atoms with Crippen molar-refractivity contribution in [3.8, 4) is 0 Å². The number of benzene rings is 1. The van der Waals surface area contributed by atoms with E-state index in [2.05, 4.69) is 4.99 Å². The molecule has 13 heavy (non-hydrogen) atoms. The third-order valence-corrected chi connectivity index (χ3v) is 2.31. The molecule has 1 aliphatic carbocycles. The van der Waals surface area contributed by atoms with Crippen LogP contribution in [0.2, 0.25) is 0 Å². The van der Waals surface area contributed by atoms with Crippen LogP contribution in [0.5, 0.6) is 0 Å². The zero-order valence-corrected chi connectivity index (χ0v) is 6.96. The summed E-state index contributed by atoms with van der Waals surface area (Å²) in [4.78, 5) is 13.7. The molecule has 3 heteroatoms. The van der Waals surface area contributed by atoms with Gasteiger partial charge in [-0.05, 0) is 36.1 Å². The van der Waals surface area contributed by atoms with E-state index in [4.69, 9.17) is 0 Å². The molecule has 0 heterocycles. The quantitative estimate of drug-likeness (QED) is 0.473. The van der Waals surface area contributed by atoms with E-state index in [0.717, 1.165) is 17.5 Å². The van der Waals surface area contributed by atoms with E-state index < -0.39 is 0 Å². The van der Waals surface area contributed by atoms with Gasteiger partial charge in [-0.2, -0.15) is 0 Å². The van der Waals surface area contributed by atoms with Crippen LogP contribution in [-0.2, 0) is 17.6 Å². The first-order valence-corrected chi connectivity index (χ1v) is 4.14. The topological polar surface area (TPSA) is 29.4 Å². The van der Waals surface area contributed by atoms with Crippen molar-refractivity contribution in [2.75, 3.05) is 0 Å². The Hall–Kier alpha value is -1.47. The molecule has 2 nitrogen and oxygen atoms in total. The second-order valence-corrected chi connectivity index (χ2v) is 3.20. The molecule has 66 valence electrons. The molecule has 1 unspecified atom stereocenters. The highest BCUT2D eigenvalue weighted by atomic mass is 19.1. The van der Waals surface area contributed by atoms with Gasteiger partial charge in [-0.3, -0.25) is 0 Å². The number of rotatable bonds is 1. The highest BCUT2D eigenvalue weighted by Gasteiger charge is 2.20. The number of carbonyl (C=O) groups excluding carboxylic acids is 1. The lowest BCUT2D eigenvalue weighted by Crippen LogP contribution is -2.01. The highest BCUT2D eigenvalue weighted by Crippen LogP contribution is 2.24. The van der Waals surface area contributed by atoms with Crippen molar-refractivity contribution in [2.45, 2.75) is 18.9 Å². The van der Waals surface area contributed by atoms with E-state index in [1.807, 2.05) is 0 Å². The number of nitrogens with zero attached hydrogens (tertiary/aromatic N) is 1. The summed E-state index contributed by atoms with van der Waals surface area (Å²) in [5, 5.41) is 0. The second kappa shape index (κ2) is 3.11. The van der Waals surface area contributed by atoms with Gasteiger partial charge >= 0.3 is 0 Å². The van der Waals surface area contributed by atoms with Gasteiger partial charge in [0.15, 0.2) is 0 Å². The lowest BCUT2D eigenvalue weighted by molar-refractivity contribution is 0.557. The number of halogens is 1. The van der Waals surface area contributed by atoms with Crippen LogP contribution in [-0.4, -0.2) is 12.1 Å². The average Bonchev–Trinajstić information content (AvgIpc) is 2.46. The monoisotopic (exact) mass is 177 g/mol. The Balaban J connectivity index is 2.30. The van der Waals surface area contributed by atoms with Crippen molar-refractivity contribution in [1.82, 2.24) is 0 Å². The fraction of sp³-hybridized carbons (Fsp3) is 0.300. The zero-order valence-electron chi connectivity index (χ0n) is 6.96. The Kier molecular flexibility index (Phi) is 1.95. The molecule has 0 radical (unpaired) electrons. The van der Waals surface area contributed by atoms with Crippen LogP contribution >= 0.6 is 0 Å². The minimum atomic E-state index is -0.227. The lowest BCUT2D eigenvalue weighted by Gasteiger charge is -1.95. The van der Waals surface area contributed by atoms with Gasteiger partial charge in [-0.1, -0.05) is 6.07 Å². The fourth-order valence-electron chi connectivity index (χ4n) is 1.73. The molecule has 0 aliphatic heterocycles. The normalized spacial score (nSPS) is 19.3. The van der Waals surface area contributed by atoms with E-state index in [0.29, 0.717) is 6.42 Å². The average molecular weight is 177 g/mol. The molecule has 0 saturated heterocycles. The van der Waals surface area contributed by atoms with Gasteiger partial charge in [0.25, 0.3) is 0 Å². The van der Waals surface area contributed by atoms with Gasteiger partial charge in [0.1, 0.15) is 5.82 Å². The molecule has 0 N–H and O–H groups in total. The fourth-order valence-corrected chi connectivity index (χ4v) is 1.73. The summed E-state index contributed by atoms with van der Waals surface area (Å²) in [6, 6.07) is 4.67. The molecule has 2 rings (SSSR count). The Morgan fingerprint density at radius 1 is 1.38 bits per heavy atom. The maximum Gasteiger partial charge on any atom is 0.235 e. The number of isocyanates is 1. The van der Waals surface area contributed by atoms with E-state index in [1.54, 1.807) is 12.1 Å². The van der Waals surface area contributed by atoms with Crippen LogP contribution in [0.4, 0.5) is 4.39 Å². The molecule has 0 fully saturated rings. The first-order chi connectivity index (χ1) is 6.29. The molecule has 0 amide bonds. The van der Waals surface area contributed by atoms with Gasteiger partial charge in [0.05, 0.1) is 6.04 Å². The lowest BCUT2D eigenvalue weighted by atomic mass is 10.1. The van der Waals surface area contributed by atoms with Gasteiger partial charge in [-0.15, -0.1) is 0 Å². The molecule has 1 aromatic rings. The van der Waals surface area contributed by atoms with Crippen molar-refractivity contribution in [3.63, 3.8) is 0 Å². The van der Waals surface area contributed by atoms with Crippen LogP contribution in [0.25, 0.3) is 0 Å². The molecular formula is C10H8FNO. The smallest absolute Gasteiger partial charge is 0.211 e. The van der Waals surface area contributed by atoms with Crippen molar-refractivity contribution in [3.05, 3.63) is 35.1 Å². The molecule has 0 saturated carbocycles. The predicted molar refractivity (Wildman–Crippen MR) is 45.7 cm³/mol. The van der Waals surface area contributed by atoms with Crippen LogP contribution in [0.3, 0.4) is 0 Å². The molecule has 0 spiro atoms. The Labute approximate surface area is 75.1 Å². The number of hydrogen-bond acceptors (Lipinski definition) is 2. The minimum Gasteiger partial charge on any atom is -0.211 e. The maximum absolute atomic E-state index is 12.8. The Bertz CT molecular complexity index is 383. The second-order valence-electron chi connectivity index (χ2n) is 3.20. The zero-order chi connectivity index (χ0) is 9.26. The van der Waals surface area contributed by atoms with Crippen molar-refractivity contribution in [2.24, 2.45) is 4.99 Å². The summed E-state index contributed by atoms with van der Waals surface area (Å²) in [6.45, 7) is 0. The third kappa shape index (κ3) is 1.51. The minimum absolute atomic E-state index is 0.0331. The summed E-state index contributed by atoms with van der Waals surface area (Å²) in [6.07, 6.45) is 2.92. The van der Waals surface area contributed by atoms with Crippen molar-refractivity contribution in [1.29, 1.82) is 0 Å². The van der Waals surface area contributed by atoms with E-state index in [-0.39, 0.29) is 11.9 Å². The molecular weight excluding hydrogens is 169 g/mol. The summed E-state index contributed by atoms with van der Waals surface area (Å²) >= 11 is 0. The molecule has 1 aliphatic rings. The summed E-state index contributed by atoms with van der Waals surface area (Å²) in [5.74, 6) is -0.227. The molecule has 0 aromatic heterocycles. The van der Waals surface area contributed by atoms with Gasteiger partial charge in [0, 0.05) is 0 Å². The molecule has 0 bridgehead atoms. The number of hydrogen-bond donors (Lipinski definition) is 0. The Morgan fingerprint density at radius 2 is 2.15 bits per heavy atom. The number of fused-ring (bicyclic) bond motifs is 1. The van der Waals surface area contributed by atoms with Crippen molar-refractivity contribution < 1.29 is 9.18 Å². The number of aliphatic imine (C=N–C) groups is 1. The first kappa shape index (κ1) is 8.14. The summed E-state index contributed by atoms with van der Waals surface area (Å²) in [5.41, 5.74) is 2.05. The SMILES string of the molecule is O=C=NC1Cc2ccc(F)cc2C1. The largest absolute Gasteiger partial charge is 0.235 e. The molecule has 1 atom stereocenters. The van der Waals surface area contributed by atoms with E-state index >= 15 is 0 Å². The van der Waals surface area contributed by atoms with Crippen molar-refractivity contribution >= 4 is 6.08 Å². The third-order valence-electron chi connectivity index (χ3n) is 2.31. The van der Waals surface area contributed by atoms with Crippen LogP contribution in [0.15, 0.2) is 23.2 Å². The van der Waals surface area contributed by atoms with E-state index in [1.165, 1.54) is 12.1 Å². The van der Waals surface area contributed by atoms with Gasteiger partial charge in [0.2, 0.25) is 6.08 Å². The first-order valence-electron chi connectivity index (χ1n) is 4.14. The predicted octanol–water partition coefficient (Wildman–Crippen LogP) is 1.63. The highest BCUT2D eigenvalue weighted by molar-refractivity contribution is 5.38. The van der Waals surface area contributed by atoms with Gasteiger partial charge < -0.3 is 0 Å². The standard InChI is InChI=1S/C10H8FNO/c11-9-2-1-7-4-10(12-6-13)5-8(7)3-9/h1-3,10H,4-5H2. The molecule has 1 aromatic carbocycles. The van der Waals surface area contributed by atoms with Gasteiger partial charge in [-0.25, -0.2) is 14.2 Å². The van der Waals surface area contributed by atoms with Crippen LogP contribution in [0, 0.1) is 5.82 Å². The van der Waals surface area contributed by atoms with Crippen LogP contribution < -0.4 is 0 Å². The summed E-state index contributed by atoms with van der Waals surface area (Å²) in [7, 11) is 0. The summed E-state index contributed by atoms with van der Waals surface area (Å²) < 4.78 is 12.8. The van der Waals surface area contributed by atoms with E-state index in [9.17, 15) is 9.18 Å².